The van der Waals surface area contributed by atoms with Gasteiger partial charge in [-0.3, -0.25) is 4.72 Å². The molecule has 22 heavy (non-hydrogen) atoms. The average molecular weight is 322 g/mol. The molecule has 1 aromatic carbocycles. The third-order valence-corrected chi connectivity index (χ3v) is 4.14. The minimum Gasteiger partial charge on any atom is -0.345 e. The molecule has 7 heteroatoms. The van der Waals surface area contributed by atoms with Gasteiger partial charge >= 0.3 is 0 Å². The molecule has 6 nitrogen and oxygen atoms in total. The molecule has 2 aromatic rings. The van der Waals surface area contributed by atoms with Gasteiger partial charge in [0.1, 0.15) is 0 Å². The highest BCUT2D eigenvalue weighted by Gasteiger charge is 2.08. The molecule has 0 spiro atoms. The zero-order chi connectivity index (χ0) is 16.3. The molecular weight excluding hydrogens is 300 g/mol. The van der Waals surface area contributed by atoms with Crippen LogP contribution in [-0.4, -0.2) is 37.8 Å². The van der Waals surface area contributed by atoms with Crippen LogP contribution in [0.2, 0.25) is 0 Å². The lowest BCUT2D eigenvalue weighted by atomic mass is 10.1. The fourth-order valence-corrected chi connectivity index (χ4v) is 2.75. The SMILES string of the molecule is Cc1cnc(N(C)CCc2ccc(NS(C)(=O)=O)cc2)n1C. The van der Waals surface area contributed by atoms with Crippen LogP contribution < -0.4 is 9.62 Å². The predicted molar refractivity (Wildman–Crippen MR) is 89.8 cm³/mol. The molecule has 0 amide bonds. The van der Waals surface area contributed by atoms with Crippen LogP contribution in [0.25, 0.3) is 0 Å². The largest absolute Gasteiger partial charge is 0.345 e. The van der Waals surface area contributed by atoms with E-state index in [0.717, 1.165) is 36.4 Å². The van der Waals surface area contributed by atoms with E-state index < -0.39 is 10.0 Å². The summed E-state index contributed by atoms with van der Waals surface area (Å²) in [5.74, 6) is 0.938. The second-order valence-corrected chi connectivity index (χ2v) is 7.25. The quantitative estimate of drug-likeness (QED) is 0.880. The topological polar surface area (TPSA) is 67.2 Å². The van der Waals surface area contributed by atoms with E-state index in [2.05, 4.69) is 19.2 Å². The van der Waals surface area contributed by atoms with Crippen LogP contribution in [0.1, 0.15) is 11.3 Å². The number of aromatic nitrogens is 2. The van der Waals surface area contributed by atoms with E-state index in [0.29, 0.717) is 5.69 Å². The predicted octanol–water partition coefficient (Wildman–Crippen LogP) is 1.78. The van der Waals surface area contributed by atoms with E-state index in [9.17, 15) is 8.42 Å². The second kappa shape index (κ2) is 6.39. The third kappa shape index (κ3) is 4.24. The van der Waals surface area contributed by atoms with E-state index in [4.69, 9.17) is 0 Å². The lowest BCUT2D eigenvalue weighted by Crippen LogP contribution is -2.23. The number of likely N-dealkylation sites (N-methyl/N-ethyl adjacent to an activating group) is 1. The van der Waals surface area contributed by atoms with Crippen molar-refractivity contribution in [2.45, 2.75) is 13.3 Å². The fourth-order valence-electron chi connectivity index (χ4n) is 2.19. The molecule has 120 valence electrons. The maximum Gasteiger partial charge on any atom is 0.229 e. The molecule has 2 rings (SSSR count). The lowest BCUT2D eigenvalue weighted by Gasteiger charge is -2.18. The monoisotopic (exact) mass is 322 g/mol. The second-order valence-electron chi connectivity index (χ2n) is 5.50. The number of benzene rings is 1. The van der Waals surface area contributed by atoms with Gasteiger partial charge in [-0.25, -0.2) is 13.4 Å². The van der Waals surface area contributed by atoms with E-state index in [1.807, 2.05) is 39.3 Å². The Labute approximate surface area is 131 Å². The summed E-state index contributed by atoms with van der Waals surface area (Å²) in [6.45, 7) is 2.86. The lowest BCUT2D eigenvalue weighted by molar-refractivity contribution is 0.607. The number of hydrogen-bond acceptors (Lipinski definition) is 4. The number of nitrogens with zero attached hydrogens (tertiary/aromatic N) is 3. The molecule has 0 bridgehead atoms. The van der Waals surface area contributed by atoms with Crippen LogP contribution in [0.3, 0.4) is 0 Å². The highest BCUT2D eigenvalue weighted by molar-refractivity contribution is 7.92. The Kier molecular flexibility index (Phi) is 4.75. The molecule has 0 radical (unpaired) electrons. The number of sulfonamides is 1. The zero-order valence-corrected chi connectivity index (χ0v) is 14.2. The Morgan fingerprint density at radius 1 is 1.27 bits per heavy atom. The van der Waals surface area contributed by atoms with E-state index in [-0.39, 0.29) is 0 Å². The third-order valence-electron chi connectivity index (χ3n) is 3.53. The summed E-state index contributed by atoms with van der Waals surface area (Å²) in [4.78, 5) is 6.50. The molecule has 1 aromatic heterocycles. The Morgan fingerprint density at radius 3 is 2.41 bits per heavy atom. The maximum absolute atomic E-state index is 11.2. The zero-order valence-electron chi connectivity index (χ0n) is 13.4. The van der Waals surface area contributed by atoms with Crippen LogP contribution in [0, 0.1) is 6.92 Å². The van der Waals surface area contributed by atoms with Crippen molar-refractivity contribution in [2.24, 2.45) is 7.05 Å². The van der Waals surface area contributed by atoms with Crippen LogP contribution in [0.5, 0.6) is 0 Å². The molecule has 0 aliphatic carbocycles. The minimum absolute atomic E-state index is 0.583. The summed E-state index contributed by atoms with van der Waals surface area (Å²) in [5.41, 5.74) is 2.86. The smallest absolute Gasteiger partial charge is 0.229 e. The Hall–Kier alpha value is -2.02. The summed E-state index contributed by atoms with van der Waals surface area (Å²) in [6.07, 6.45) is 3.86. The van der Waals surface area contributed by atoms with Crippen molar-refractivity contribution in [3.8, 4) is 0 Å². The van der Waals surface area contributed by atoms with Crippen molar-refractivity contribution < 1.29 is 8.42 Å². The highest BCUT2D eigenvalue weighted by Crippen LogP contribution is 2.14. The molecule has 0 unspecified atom stereocenters. The number of aryl methyl sites for hydroxylation is 1. The first-order valence-electron chi connectivity index (χ1n) is 7.02. The van der Waals surface area contributed by atoms with Crippen molar-refractivity contribution >= 4 is 21.7 Å². The average Bonchev–Trinajstić information content (AvgIpc) is 2.76. The molecule has 0 aliphatic heterocycles. The minimum atomic E-state index is -3.22. The van der Waals surface area contributed by atoms with E-state index in [1.54, 1.807) is 12.1 Å². The first-order valence-corrected chi connectivity index (χ1v) is 8.91. The molecule has 0 aliphatic rings. The van der Waals surface area contributed by atoms with Crippen LogP contribution in [-0.2, 0) is 23.5 Å². The molecular formula is C15H22N4O2S. The normalized spacial score (nSPS) is 11.5. The standard InChI is InChI=1S/C15H22N4O2S/c1-12-11-16-15(19(12)3)18(2)10-9-13-5-7-14(8-6-13)17-22(4,20)21/h5-8,11,17H,9-10H2,1-4H3. The van der Waals surface area contributed by atoms with Gasteiger partial charge in [0, 0.05) is 32.0 Å². The number of anilines is 2. The first kappa shape index (κ1) is 16.4. The van der Waals surface area contributed by atoms with Gasteiger partial charge in [0.2, 0.25) is 16.0 Å². The van der Waals surface area contributed by atoms with Crippen LogP contribution >= 0.6 is 0 Å². The molecule has 0 saturated heterocycles. The number of nitrogens with one attached hydrogen (secondary N) is 1. The van der Waals surface area contributed by atoms with Gasteiger partial charge in [-0.1, -0.05) is 12.1 Å². The van der Waals surface area contributed by atoms with Gasteiger partial charge in [-0.05, 0) is 31.0 Å². The molecule has 0 saturated carbocycles. The molecule has 0 atom stereocenters. The molecule has 1 N–H and O–H groups in total. The van der Waals surface area contributed by atoms with Crippen molar-refractivity contribution in [1.29, 1.82) is 0 Å². The number of rotatable bonds is 6. The first-order chi connectivity index (χ1) is 10.3. The van der Waals surface area contributed by atoms with Gasteiger partial charge < -0.3 is 9.47 Å². The number of hydrogen-bond donors (Lipinski definition) is 1. The van der Waals surface area contributed by atoms with Gasteiger partial charge in [-0.2, -0.15) is 0 Å². The van der Waals surface area contributed by atoms with Gasteiger partial charge in [-0.15, -0.1) is 0 Å². The van der Waals surface area contributed by atoms with Gasteiger partial charge in [0.15, 0.2) is 0 Å². The Morgan fingerprint density at radius 2 is 1.91 bits per heavy atom. The Balaban J connectivity index is 1.96. The summed E-state index contributed by atoms with van der Waals surface area (Å²) in [7, 11) is 0.792. The molecule has 1 heterocycles. The van der Waals surface area contributed by atoms with Gasteiger partial charge in [0.25, 0.3) is 0 Å². The van der Waals surface area contributed by atoms with E-state index in [1.165, 1.54) is 0 Å². The maximum atomic E-state index is 11.2. The Bertz CT molecular complexity index is 735. The fraction of sp³-hybridized carbons (Fsp3) is 0.400. The summed E-state index contributed by atoms with van der Waals surface area (Å²) >= 11 is 0. The summed E-state index contributed by atoms with van der Waals surface area (Å²) < 4.78 is 26.8. The molecule has 0 fully saturated rings. The van der Waals surface area contributed by atoms with Crippen molar-refractivity contribution in [3.05, 3.63) is 41.7 Å². The summed E-state index contributed by atoms with van der Waals surface area (Å²) in [5, 5.41) is 0. The van der Waals surface area contributed by atoms with E-state index >= 15 is 0 Å². The van der Waals surface area contributed by atoms with Crippen molar-refractivity contribution in [3.63, 3.8) is 0 Å². The highest BCUT2D eigenvalue weighted by atomic mass is 32.2. The van der Waals surface area contributed by atoms with Crippen LogP contribution in [0.4, 0.5) is 11.6 Å². The van der Waals surface area contributed by atoms with Gasteiger partial charge in [0.05, 0.1) is 12.5 Å². The number of imidazole rings is 1. The van der Waals surface area contributed by atoms with Crippen LogP contribution in [0.15, 0.2) is 30.5 Å². The summed E-state index contributed by atoms with van der Waals surface area (Å²) in [6, 6.07) is 7.43. The van der Waals surface area contributed by atoms with Crippen molar-refractivity contribution in [1.82, 2.24) is 9.55 Å². The van der Waals surface area contributed by atoms with Crippen molar-refractivity contribution in [2.75, 3.05) is 29.5 Å².